The summed E-state index contributed by atoms with van der Waals surface area (Å²) in [4.78, 5) is 27.4. The summed E-state index contributed by atoms with van der Waals surface area (Å²) in [5.74, 6) is -1.67. The average Bonchev–Trinajstić information content (AvgIpc) is 3.31. The summed E-state index contributed by atoms with van der Waals surface area (Å²) in [5, 5.41) is 16.9. The number of aryl methyl sites for hydroxylation is 2. The van der Waals surface area contributed by atoms with Gasteiger partial charge in [-0.25, -0.2) is 13.6 Å². The maximum atomic E-state index is 15.5. The van der Waals surface area contributed by atoms with Crippen LogP contribution in [0, 0.1) is 31.4 Å². The number of nitrogens with zero attached hydrogens (tertiary/aromatic N) is 3. The van der Waals surface area contributed by atoms with Crippen LogP contribution in [0.4, 0.5) is 8.78 Å². The zero-order valence-corrected chi connectivity index (χ0v) is 20.4. The molecule has 1 aromatic carbocycles. The molecule has 0 bridgehead atoms. The molecule has 7 nitrogen and oxygen atoms in total. The molecule has 0 aliphatic carbocycles. The Kier molecular flexibility index (Phi) is 6.30. The summed E-state index contributed by atoms with van der Waals surface area (Å²) in [5.41, 5.74) is 1.36. The Hall–Kier alpha value is -3.11. The van der Waals surface area contributed by atoms with Gasteiger partial charge in [-0.3, -0.25) is 19.0 Å². The van der Waals surface area contributed by atoms with Gasteiger partial charge in [-0.2, -0.15) is 5.10 Å². The summed E-state index contributed by atoms with van der Waals surface area (Å²) in [6.07, 6.45) is 0.340. The van der Waals surface area contributed by atoms with Gasteiger partial charge in [0, 0.05) is 52.8 Å². The highest BCUT2D eigenvalue weighted by atomic mass is 32.1. The van der Waals surface area contributed by atoms with Crippen LogP contribution in [0.15, 0.2) is 21.7 Å². The SMILES string of the molecule is Cc1n[nH]c(C)c1Cc1sc2c(c1-c1ccc(F)c(CO)c1F)c(=O)n(C)c(=O)n2CC(C)C. The Morgan fingerprint density at radius 2 is 1.88 bits per heavy atom. The molecular weight excluding hydrogens is 462 g/mol. The molecule has 0 fully saturated rings. The van der Waals surface area contributed by atoms with Crippen molar-refractivity contribution in [2.45, 2.75) is 47.3 Å². The first-order valence-electron chi connectivity index (χ1n) is 10.9. The van der Waals surface area contributed by atoms with Crippen LogP contribution in [0.5, 0.6) is 0 Å². The first-order chi connectivity index (χ1) is 16.1. The van der Waals surface area contributed by atoms with E-state index in [-0.39, 0.29) is 16.9 Å². The molecule has 0 unspecified atom stereocenters. The second-order valence-electron chi connectivity index (χ2n) is 8.87. The molecule has 3 aromatic heterocycles. The lowest BCUT2D eigenvalue weighted by Gasteiger charge is -2.13. The summed E-state index contributed by atoms with van der Waals surface area (Å²) in [6, 6.07) is 2.36. The molecule has 34 heavy (non-hydrogen) atoms. The molecule has 180 valence electrons. The molecule has 2 N–H and O–H groups in total. The van der Waals surface area contributed by atoms with Crippen molar-refractivity contribution >= 4 is 21.6 Å². The van der Waals surface area contributed by atoms with Crippen LogP contribution < -0.4 is 11.2 Å². The molecular formula is C24H26F2N4O3S. The lowest BCUT2D eigenvalue weighted by Crippen LogP contribution is -2.38. The molecule has 0 atom stereocenters. The lowest BCUT2D eigenvalue weighted by atomic mass is 9.97. The van der Waals surface area contributed by atoms with Crippen molar-refractivity contribution < 1.29 is 13.9 Å². The van der Waals surface area contributed by atoms with E-state index in [0.717, 1.165) is 27.6 Å². The third-order valence-corrected chi connectivity index (χ3v) is 7.24. The number of nitrogens with one attached hydrogen (secondary N) is 1. The Balaban J connectivity index is 2.16. The number of aliphatic hydroxyl groups is 1. The van der Waals surface area contributed by atoms with Crippen molar-refractivity contribution in [3.8, 4) is 11.1 Å². The van der Waals surface area contributed by atoms with Crippen molar-refractivity contribution in [2.24, 2.45) is 13.0 Å². The largest absolute Gasteiger partial charge is 0.391 e. The van der Waals surface area contributed by atoms with Gasteiger partial charge in [0.15, 0.2) is 0 Å². The average molecular weight is 489 g/mol. The number of aromatic amines is 1. The highest BCUT2D eigenvalue weighted by Gasteiger charge is 2.26. The molecule has 0 aliphatic rings. The highest BCUT2D eigenvalue weighted by molar-refractivity contribution is 7.19. The number of hydrogen-bond donors (Lipinski definition) is 2. The van der Waals surface area contributed by atoms with Crippen molar-refractivity contribution in [2.75, 3.05) is 0 Å². The Morgan fingerprint density at radius 3 is 2.47 bits per heavy atom. The van der Waals surface area contributed by atoms with Crippen LogP contribution in [-0.2, 0) is 26.6 Å². The number of thiophene rings is 1. The van der Waals surface area contributed by atoms with E-state index in [1.807, 2.05) is 27.7 Å². The van der Waals surface area contributed by atoms with Crippen molar-refractivity contribution in [1.29, 1.82) is 0 Å². The van der Waals surface area contributed by atoms with Gasteiger partial charge >= 0.3 is 5.69 Å². The maximum absolute atomic E-state index is 15.5. The summed E-state index contributed by atoms with van der Waals surface area (Å²) < 4.78 is 32.2. The molecule has 3 heterocycles. The Labute approximate surface area is 198 Å². The molecule has 0 spiro atoms. The van der Waals surface area contributed by atoms with Crippen LogP contribution in [-0.4, -0.2) is 24.4 Å². The molecule has 4 aromatic rings. The molecule has 0 saturated carbocycles. The second-order valence-corrected chi connectivity index (χ2v) is 9.95. The molecule has 0 aliphatic heterocycles. The van der Waals surface area contributed by atoms with E-state index in [4.69, 9.17) is 0 Å². The van der Waals surface area contributed by atoms with Gasteiger partial charge in [0.25, 0.3) is 5.56 Å². The van der Waals surface area contributed by atoms with E-state index >= 15 is 4.39 Å². The number of aromatic nitrogens is 4. The first-order valence-corrected chi connectivity index (χ1v) is 11.7. The molecule has 4 rings (SSSR count). The maximum Gasteiger partial charge on any atom is 0.331 e. The smallest absolute Gasteiger partial charge is 0.331 e. The predicted molar refractivity (Wildman–Crippen MR) is 128 cm³/mol. The Morgan fingerprint density at radius 1 is 1.18 bits per heavy atom. The van der Waals surface area contributed by atoms with Gasteiger partial charge in [0.1, 0.15) is 16.5 Å². The molecule has 0 radical (unpaired) electrons. The third-order valence-electron chi connectivity index (χ3n) is 6.02. The monoisotopic (exact) mass is 488 g/mol. The zero-order valence-electron chi connectivity index (χ0n) is 19.6. The number of H-pyrrole nitrogens is 1. The first kappa shape index (κ1) is 24.0. The molecule has 0 amide bonds. The second kappa shape index (κ2) is 8.92. The van der Waals surface area contributed by atoms with E-state index in [1.165, 1.54) is 24.5 Å². The van der Waals surface area contributed by atoms with Crippen molar-refractivity contribution in [1.82, 2.24) is 19.3 Å². The topological polar surface area (TPSA) is 92.9 Å². The van der Waals surface area contributed by atoms with E-state index < -0.39 is 35.1 Å². The van der Waals surface area contributed by atoms with Gasteiger partial charge in [0.05, 0.1) is 17.7 Å². The van der Waals surface area contributed by atoms with Crippen molar-refractivity contribution in [3.05, 3.63) is 72.0 Å². The number of rotatable bonds is 6. The fraction of sp³-hybridized carbons (Fsp3) is 0.375. The van der Waals surface area contributed by atoms with Gasteiger partial charge < -0.3 is 5.11 Å². The van der Waals surface area contributed by atoms with Crippen molar-refractivity contribution in [3.63, 3.8) is 0 Å². The number of halogens is 2. The van der Waals surface area contributed by atoms with Crippen LogP contribution >= 0.6 is 11.3 Å². The van der Waals surface area contributed by atoms with Crippen LogP contribution in [0.25, 0.3) is 21.3 Å². The minimum absolute atomic E-state index is 0.0114. The standard InChI is InChI=1S/C24H26F2N4O3S/c1-11(2)9-30-23-20(22(32)29(5)24(30)33)19(14-6-7-17(25)16(10-31)21(14)26)18(34-23)8-15-12(3)27-28-13(15)4/h6-7,11,31H,8-10H2,1-5H3,(H,27,28). The van der Waals surface area contributed by atoms with Gasteiger partial charge in [0.2, 0.25) is 0 Å². The number of hydrogen-bond acceptors (Lipinski definition) is 5. The summed E-state index contributed by atoms with van der Waals surface area (Å²) in [7, 11) is 1.40. The molecule has 10 heteroatoms. The lowest BCUT2D eigenvalue weighted by molar-refractivity contribution is 0.269. The fourth-order valence-corrected chi connectivity index (χ4v) is 5.56. The summed E-state index contributed by atoms with van der Waals surface area (Å²) >= 11 is 1.25. The molecule has 0 saturated heterocycles. The Bertz CT molecular complexity index is 1510. The van der Waals surface area contributed by atoms with E-state index in [9.17, 15) is 19.1 Å². The normalized spacial score (nSPS) is 11.8. The van der Waals surface area contributed by atoms with Gasteiger partial charge in [-0.05, 0) is 31.9 Å². The van der Waals surface area contributed by atoms with Gasteiger partial charge in [-0.1, -0.05) is 13.8 Å². The van der Waals surface area contributed by atoms with Crippen LogP contribution in [0.2, 0.25) is 0 Å². The fourth-order valence-electron chi connectivity index (χ4n) is 4.24. The quantitative estimate of drug-likeness (QED) is 0.432. The van der Waals surface area contributed by atoms with E-state index in [2.05, 4.69) is 10.2 Å². The number of fused-ring (bicyclic) bond motifs is 1. The van der Waals surface area contributed by atoms with E-state index in [0.29, 0.717) is 28.2 Å². The highest BCUT2D eigenvalue weighted by Crippen LogP contribution is 2.40. The zero-order chi connectivity index (χ0) is 24.9. The van der Waals surface area contributed by atoms with Gasteiger partial charge in [-0.15, -0.1) is 11.3 Å². The predicted octanol–water partition coefficient (Wildman–Crippen LogP) is 3.79. The van der Waals surface area contributed by atoms with Crippen LogP contribution in [0.3, 0.4) is 0 Å². The minimum atomic E-state index is -0.923. The third kappa shape index (κ3) is 3.80. The van der Waals surface area contributed by atoms with E-state index in [1.54, 1.807) is 4.57 Å². The number of benzene rings is 1. The minimum Gasteiger partial charge on any atom is -0.391 e. The number of aliphatic hydroxyl groups excluding tert-OH is 1. The summed E-state index contributed by atoms with van der Waals surface area (Å²) in [6.45, 7) is 7.20. The van der Waals surface area contributed by atoms with Crippen LogP contribution in [0.1, 0.15) is 41.2 Å².